The molecule has 31 heavy (non-hydrogen) atoms. The predicted molar refractivity (Wildman–Crippen MR) is 109 cm³/mol. The minimum atomic E-state index is -2.10. The van der Waals surface area contributed by atoms with Crippen LogP contribution in [0, 0.1) is 11.8 Å². The highest BCUT2D eigenvalue weighted by Crippen LogP contribution is 2.50. The molecule has 11 heteroatoms. The van der Waals surface area contributed by atoms with Crippen molar-refractivity contribution in [3.8, 4) is 0 Å². The minimum absolute atomic E-state index is 0.0346. The molecule has 2 saturated heterocycles. The second-order valence-electron chi connectivity index (χ2n) is 7.46. The first-order valence-electron chi connectivity index (χ1n) is 9.61. The van der Waals surface area contributed by atoms with Gasteiger partial charge in [0, 0.05) is 30.4 Å². The second-order valence-corrected chi connectivity index (χ2v) is 8.39. The van der Waals surface area contributed by atoms with Crippen LogP contribution in [0.2, 0.25) is 0 Å². The smallest absolute Gasteiger partial charge is 0.325 e. The van der Waals surface area contributed by atoms with E-state index < -0.39 is 53.6 Å². The average Bonchev–Trinajstić information content (AvgIpc) is 3.42. The summed E-state index contributed by atoms with van der Waals surface area (Å²) in [6, 6.07) is 8.37. The van der Waals surface area contributed by atoms with Crippen LogP contribution in [0.4, 0.5) is 5.69 Å². The molecule has 0 radical (unpaired) electrons. The Morgan fingerprint density at radius 2 is 1.94 bits per heavy atom. The number of hydrogen-bond donors (Lipinski definition) is 4. The van der Waals surface area contributed by atoms with Gasteiger partial charge in [0.2, 0.25) is 11.8 Å². The number of imide groups is 1. The summed E-state index contributed by atoms with van der Waals surface area (Å²) in [6.07, 6.45) is 0.679. The van der Waals surface area contributed by atoms with Gasteiger partial charge in [-0.15, -0.1) is 11.3 Å². The number of carboxylic acids is 2. The highest BCUT2D eigenvalue weighted by molar-refractivity contribution is 7.09. The third kappa shape index (κ3) is 3.55. The Balaban J connectivity index is 1.63. The summed E-state index contributed by atoms with van der Waals surface area (Å²) in [5.74, 6) is -6.43. The lowest BCUT2D eigenvalue weighted by atomic mass is 9.78. The summed E-state index contributed by atoms with van der Waals surface area (Å²) in [5.41, 5.74) is -1.28. The van der Waals surface area contributed by atoms with Crippen molar-refractivity contribution in [3.05, 3.63) is 46.9 Å². The molecule has 2 amide bonds. The van der Waals surface area contributed by atoms with Gasteiger partial charge < -0.3 is 15.5 Å². The first-order chi connectivity index (χ1) is 14.8. The van der Waals surface area contributed by atoms with Crippen LogP contribution in [-0.2, 0) is 19.2 Å². The molecule has 2 fully saturated rings. The number of carbonyl (C=O) groups excluding carboxylic acids is 2. The number of carbonyl (C=O) groups is 4. The Morgan fingerprint density at radius 1 is 1.19 bits per heavy atom. The fourth-order valence-electron chi connectivity index (χ4n) is 4.42. The molecule has 162 valence electrons. The van der Waals surface area contributed by atoms with Crippen LogP contribution in [0.1, 0.15) is 17.5 Å². The molecule has 0 aliphatic carbocycles. The van der Waals surface area contributed by atoms with Gasteiger partial charge in [0.05, 0.1) is 24.3 Å². The maximum absolute atomic E-state index is 13.2. The van der Waals surface area contributed by atoms with Gasteiger partial charge in [-0.25, -0.2) is 4.98 Å². The highest BCUT2D eigenvalue weighted by Gasteiger charge is 2.69. The first kappa shape index (κ1) is 20.9. The molecule has 2 aromatic rings. The molecule has 1 aromatic carbocycles. The molecular weight excluding hydrogens is 424 g/mol. The number of hydrogen-bond acceptors (Lipinski definition) is 8. The van der Waals surface area contributed by atoms with E-state index in [1.807, 2.05) is 30.3 Å². The zero-order chi connectivity index (χ0) is 22.2. The summed E-state index contributed by atoms with van der Waals surface area (Å²) in [5, 5.41) is 27.3. The van der Waals surface area contributed by atoms with Crippen LogP contribution < -0.4 is 10.6 Å². The molecule has 10 nitrogen and oxygen atoms in total. The van der Waals surface area contributed by atoms with Crippen molar-refractivity contribution in [1.29, 1.82) is 0 Å². The van der Waals surface area contributed by atoms with Crippen molar-refractivity contribution in [2.45, 2.75) is 18.0 Å². The summed E-state index contributed by atoms with van der Waals surface area (Å²) in [6.45, 7) is 0.308. The topological polar surface area (TPSA) is 149 Å². The van der Waals surface area contributed by atoms with E-state index >= 15 is 0 Å². The second kappa shape index (κ2) is 8.08. The van der Waals surface area contributed by atoms with Gasteiger partial charge in [0.1, 0.15) is 10.5 Å². The monoisotopic (exact) mass is 444 g/mol. The molecule has 4 N–H and O–H groups in total. The van der Waals surface area contributed by atoms with Gasteiger partial charge in [0.25, 0.3) is 0 Å². The Hall–Kier alpha value is -3.31. The predicted octanol–water partition coefficient (Wildman–Crippen LogP) is 0.799. The number of rotatable bonds is 8. The highest BCUT2D eigenvalue weighted by atomic mass is 32.1. The number of likely N-dealkylation sites (tertiary alicyclic amines) is 1. The van der Waals surface area contributed by atoms with Crippen LogP contribution in [-0.4, -0.2) is 62.5 Å². The summed E-state index contributed by atoms with van der Waals surface area (Å²) in [4.78, 5) is 55.4. The number of amides is 2. The van der Waals surface area contributed by atoms with Crippen molar-refractivity contribution in [2.24, 2.45) is 11.8 Å². The van der Waals surface area contributed by atoms with E-state index in [-0.39, 0.29) is 13.1 Å². The maximum Gasteiger partial charge on any atom is 0.325 e. The Morgan fingerprint density at radius 3 is 2.55 bits per heavy atom. The third-order valence-electron chi connectivity index (χ3n) is 5.71. The van der Waals surface area contributed by atoms with Crippen molar-refractivity contribution >= 4 is 40.8 Å². The van der Waals surface area contributed by atoms with Crippen molar-refractivity contribution in [3.63, 3.8) is 0 Å². The van der Waals surface area contributed by atoms with Crippen LogP contribution in [0.15, 0.2) is 41.9 Å². The number of aliphatic carboxylic acids is 2. The number of fused-ring (bicyclic) bond motifs is 1. The molecule has 1 aromatic heterocycles. The van der Waals surface area contributed by atoms with E-state index in [1.54, 1.807) is 5.38 Å². The van der Waals surface area contributed by atoms with Crippen molar-refractivity contribution in [1.82, 2.24) is 15.2 Å². The van der Waals surface area contributed by atoms with E-state index in [1.165, 1.54) is 17.5 Å². The Kier molecular flexibility index (Phi) is 5.46. The minimum Gasteiger partial charge on any atom is -0.481 e. The molecule has 3 heterocycles. The molecule has 4 unspecified atom stereocenters. The lowest BCUT2D eigenvalue weighted by Gasteiger charge is -2.29. The number of anilines is 1. The van der Waals surface area contributed by atoms with E-state index in [0.29, 0.717) is 5.01 Å². The van der Waals surface area contributed by atoms with E-state index in [2.05, 4.69) is 15.6 Å². The largest absolute Gasteiger partial charge is 0.481 e. The lowest BCUT2D eigenvalue weighted by molar-refractivity contribution is -0.155. The number of para-hydroxylation sites is 1. The van der Waals surface area contributed by atoms with Crippen LogP contribution >= 0.6 is 11.3 Å². The fourth-order valence-corrected chi connectivity index (χ4v) is 5.16. The molecule has 4 rings (SSSR count). The van der Waals surface area contributed by atoms with Crippen molar-refractivity contribution < 1.29 is 29.4 Å². The normalized spacial score (nSPS) is 27.4. The molecule has 0 spiro atoms. The standard InChI is InChI=1S/C20H20N4O6S/c25-12(26)10-20(19(29)30)14-13(15(23-20)16-22-7-9-31-16)17(27)24(18(14)28)8-6-21-11-4-2-1-3-5-11/h1-5,7,9,13-15,21,23H,6,8,10H2,(H,25,26)(H,29,30). The van der Waals surface area contributed by atoms with Crippen LogP contribution in [0.5, 0.6) is 0 Å². The van der Waals surface area contributed by atoms with E-state index in [0.717, 1.165) is 10.6 Å². The number of nitrogens with zero attached hydrogens (tertiary/aromatic N) is 2. The molecule has 0 bridgehead atoms. The molecule has 2 aliphatic heterocycles. The molecule has 2 aliphatic rings. The summed E-state index contributed by atoms with van der Waals surface area (Å²) >= 11 is 1.21. The molecule has 4 atom stereocenters. The van der Waals surface area contributed by atoms with Gasteiger partial charge in [0.15, 0.2) is 0 Å². The molecule has 0 saturated carbocycles. The zero-order valence-electron chi connectivity index (χ0n) is 16.2. The SMILES string of the molecule is O=C(O)CC1(C(=O)O)NC(c2nccs2)C2C(=O)N(CCNc3ccccc3)C(=O)C21. The van der Waals surface area contributed by atoms with Gasteiger partial charge >= 0.3 is 11.9 Å². The number of benzene rings is 1. The van der Waals surface area contributed by atoms with Crippen LogP contribution in [0.25, 0.3) is 0 Å². The number of aromatic nitrogens is 1. The summed E-state index contributed by atoms with van der Waals surface area (Å²) in [7, 11) is 0. The van der Waals surface area contributed by atoms with Gasteiger partial charge in [-0.2, -0.15) is 0 Å². The number of thiazole rings is 1. The number of carboxylic acid groups (broad SMARTS) is 2. The first-order valence-corrected chi connectivity index (χ1v) is 10.5. The van der Waals surface area contributed by atoms with Crippen LogP contribution in [0.3, 0.4) is 0 Å². The fraction of sp³-hybridized carbons (Fsp3) is 0.350. The summed E-state index contributed by atoms with van der Waals surface area (Å²) < 4.78 is 0. The lowest BCUT2D eigenvalue weighted by Crippen LogP contribution is -2.57. The Bertz CT molecular complexity index is 1010. The molecular formula is C20H20N4O6S. The third-order valence-corrected chi connectivity index (χ3v) is 6.57. The number of nitrogens with one attached hydrogen (secondary N) is 2. The maximum atomic E-state index is 13.2. The van der Waals surface area contributed by atoms with Gasteiger partial charge in [-0.3, -0.25) is 29.4 Å². The van der Waals surface area contributed by atoms with Gasteiger partial charge in [-0.1, -0.05) is 18.2 Å². The average molecular weight is 444 g/mol. The van der Waals surface area contributed by atoms with Gasteiger partial charge in [-0.05, 0) is 12.1 Å². The van der Waals surface area contributed by atoms with E-state index in [4.69, 9.17) is 0 Å². The van der Waals surface area contributed by atoms with E-state index in [9.17, 15) is 29.4 Å². The zero-order valence-corrected chi connectivity index (χ0v) is 17.0. The Labute approximate surface area is 180 Å². The van der Waals surface area contributed by atoms with Crippen molar-refractivity contribution in [2.75, 3.05) is 18.4 Å². The quantitative estimate of drug-likeness (QED) is 0.434.